The molecule has 0 saturated heterocycles. The highest BCUT2D eigenvalue weighted by atomic mass is 32.2. The van der Waals surface area contributed by atoms with Crippen molar-refractivity contribution in [3.8, 4) is 0 Å². The third-order valence-corrected chi connectivity index (χ3v) is 3.69. The SMILES string of the molecule is CC1CCCC1NCCS(C)(=O)=O. The number of sulfone groups is 1. The molecule has 13 heavy (non-hydrogen) atoms. The van der Waals surface area contributed by atoms with Gasteiger partial charge >= 0.3 is 0 Å². The van der Waals surface area contributed by atoms with Crippen LogP contribution in [0, 0.1) is 5.92 Å². The van der Waals surface area contributed by atoms with Crippen molar-refractivity contribution in [1.29, 1.82) is 0 Å². The Bertz CT molecular complexity index is 248. The Morgan fingerprint density at radius 1 is 1.38 bits per heavy atom. The van der Waals surface area contributed by atoms with Crippen LogP contribution in [-0.4, -0.2) is 33.0 Å². The average molecular weight is 205 g/mol. The number of hydrogen-bond acceptors (Lipinski definition) is 3. The van der Waals surface area contributed by atoms with E-state index in [0.717, 1.165) is 0 Å². The molecule has 0 spiro atoms. The first kappa shape index (κ1) is 11.0. The highest BCUT2D eigenvalue weighted by Crippen LogP contribution is 2.24. The van der Waals surface area contributed by atoms with E-state index in [-0.39, 0.29) is 5.75 Å². The maximum absolute atomic E-state index is 10.8. The zero-order valence-corrected chi connectivity index (χ0v) is 9.23. The largest absolute Gasteiger partial charge is 0.313 e. The Morgan fingerprint density at radius 3 is 2.54 bits per heavy atom. The van der Waals surface area contributed by atoms with Crippen LogP contribution < -0.4 is 5.32 Å². The summed E-state index contributed by atoms with van der Waals surface area (Å²) in [6.45, 7) is 2.83. The Labute approximate surface area is 80.8 Å². The van der Waals surface area contributed by atoms with Crippen LogP contribution in [0.25, 0.3) is 0 Å². The summed E-state index contributed by atoms with van der Waals surface area (Å²) in [5.74, 6) is 0.968. The Morgan fingerprint density at radius 2 is 2.08 bits per heavy atom. The normalized spacial score (nSPS) is 29.4. The predicted octanol–water partition coefficient (Wildman–Crippen LogP) is 0.809. The number of hydrogen-bond donors (Lipinski definition) is 1. The van der Waals surface area contributed by atoms with Crippen molar-refractivity contribution < 1.29 is 8.42 Å². The van der Waals surface area contributed by atoms with E-state index >= 15 is 0 Å². The lowest BCUT2D eigenvalue weighted by atomic mass is 10.1. The van der Waals surface area contributed by atoms with Crippen molar-refractivity contribution in [2.75, 3.05) is 18.6 Å². The monoisotopic (exact) mass is 205 g/mol. The number of rotatable bonds is 4. The number of nitrogens with one attached hydrogen (secondary N) is 1. The van der Waals surface area contributed by atoms with Crippen LogP contribution in [0.5, 0.6) is 0 Å². The highest BCUT2D eigenvalue weighted by Gasteiger charge is 2.22. The molecule has 1 saturated carbocycles. The molecule has 2 unspecified atom stereocenters. The van der Waals surface area contributed by atoms with E-state index in [1.807, 2.05) is 0 Å². The molecule has 3 nitrogen and oxygen atoms in total. The summed E-state index contributed by atoms with van der Waals surface area (Å²) in [6.07, 6.45) is 5.03. The molecule has 0 aromatic carbocycles. The minimum atomic E-state index is -2.80. The van der Waals surface area contributed by atoms with Gasteiger partial charge in [0.2, 0.25) is 0 Å². The van der Waals surface area contributed by atoms with E-state index in [0.29, 0.717) is 18.5 Å². The molecule has 0 aromatic rings. The van der Waals surface area contributed by atoms with Gasteiger partial charge in [0.05, 0.1) is 5.75 Å². The Hall–Kier alpha value is -0.0900. The van der Waals surface area contributed by atoms with Crippen LogP contribution in [0.2, 0.25) is 0 Å². The lowest BCUT2D eigenvalue weighted by Gasteiger charge is -2.16. The molecule has 1 aliphatic rings. The van der Waals surface area contributed by atoms with Crippen LogP contribution in [0.4, 0.5) is 0 Å². The van der Waals surface area contributed by atoms with Crippen LogP contribution >= 0.6 is 0 Å². The van der Waals surface area contributed by atoms with Gasteiger partial charge in [-0.1, -0.05) is 13.3 Å². The van der Waals surface area contributed by atoms with E-state index in [4.69, 9.17) is 0 Å². The molecule has 1 aliphatic carbocycles. The van der Waals surface area contributed by atoms with Gasteiger partial charge in [0, 0.05) is 18.8 Å². The smallest absolute Gasteiger partial charge is 0.148 e. The zero-order valence-electron chi connectivity index (χ0n) is 8.41. The van der Waals surface area contributed by atoms with Gasteiger partial charge in [0.15, 0.2) is 0 Å². The second-order valence-electron chi connectivity index (χ2n) is 4.10. The second-order valence-corrected chi connectivity index (χ2v) is 6.36. The first-order chi connectivity index (χ1) is 5.99. The maximum Gasteiger partial charge on any atom is 0.148 e. The summed E-state index contributed by atoms with van der Waals surface area (Å²) in [5.41, 5.74) is 0. The quantitative estimate of drug-likeness (QED) is 0.739. The highest BCUT2D eigenvalue weighted by molar-refractivity contribution is 7.90. The Kier molecular flexibility index (Phi) is 3.74. The summed E-state index contributed by atoms with van der Waals surface area (Å²) >= 11 is 0. The third-order valence-electron chi connectivity index (χ3n) is 2.74. The van der Waals surface area contributed by atoms with Crippen LogP contribution in [0.1, 0.15) is 26.2 Å². The second kappa shape index (κ2) is 4.42. The van der Waals surface area contributed by atoms with E-state index in [2.05, 4.69) is 12.2 Å². The van der Waals surface area contributed by atoms with E-state index < -0.39 is 9.84 Å². The lowest BCUT2D eigenvalue weighted by Crippen LogP contribution is -2.34. The molecular weight excluding hydrogens is 186 g/mol. The van der Waals surface area contributed by atoms with Gasteiger partial charge in [0.25, 0.3) is 0 Å². The van der Waals surface area contributed by atoms with Crippen molar-refractivity contribution in [2.24, 2.45) is 5.92 Å². The Balaban J connectivity index is 2.19. The standard InChI is InChI=1S/C9H19NO2S/c1-8-4-3-5-9(8)10-6-7-13(2,11)12/h8-10H,3-7H2,1-2H3. The van der Waals surface area contributed by atoms with Crippen molar-refractivity contribution >= 4 is 9.84 Å². The third kappa shape index (κ3) is 4.09. The summed E-state index contributed by atoms with van der Waals surface area (Å²) in [5, 5.41) is 3.31. The van der Waals surface area contributed by atoms with Crippen LogP contribution in [-0.2, 0) is 9.84 Å². The van der Waals surface area contributed by atoms with Crippen LogP contribution in [0.15, 0.2) is 0 Å². The molecule has 4 heteroatoms. The minimum Gasteiger partial charge on any atom is -0.313 e. The molecular formula is C9H19NO2S. The molecule has 0 aliphatic heterocycles. The molecule has 1 rings (SSSR count). The van der Waals surface area contributed by atoms with Gasteiger partial charge in [-0.25, -0.2) is 8.42 Å². The first-order valence-corrected chi connectivity index (χ1v) is 6.96. The minimum absolute atomic E-state index is 0.260. The zero-order chi connectivity index (χ0) is 9.90. The van der Waals surface area contributed by atoms with Gasteiger partial charge in [0.1, 0.15) is 9.84 Å². The van der Waals surface area contributed by atoms with Crippen molar-refractivity contribution in [3.05, 3.63) is 0 Å². The molecule has 0 amide bonds. The van der Waals surface area contributed by atoms with Gasteiger partial charge in [-0.3, -0.25) is 0 Å². The molecule has 0 bridgehead atoms. The van der Waals surface area contributed by atoms with Crippen LogP contribution in [0.3, 0.4) is 0 Å². The predicted molar refractivity (Wildman–Crippen MR) is 54.5 cm³/mol. The molecule has 1 N–H and O–H groups in total. The van der Waals surface area contributed by atoms with E-state index in [9.17, 15) is 8.42 Å². The van der Waals surface area contributed by atoms with E-state index in [1.165, 1.54) is 25.5 Å². The summed E-state index contributed by atoms with van der Waals surface area (Å²) in [4.78, 5) is 0. The molecule has 0 aromatic heterocycles. The van der Waals surface area contributed by atoms with Gasteiger partial charge in [-0.2, -0.15) is 0 Å². The van der Waals surface area contributed by atoms with Crippen molar-refractivity contribution in [2.45, 2.75) is 32.2 Å². The topological polar surface area (TPSA) is 46.2 Å². The summed E-state index contributed by atoms with van der Waals surface area (Å²) in [7, 11) is -2.80. The maximum atomic E-state index is 10.8. The molecule has 2 atom stereocenters. The molecule has 1 fully saturated rings. The van der Waals surface area contributed by atoms with E-state index in [1.54, 1.807) is 0 Å². The van der Waals surface area contributed by atoms with Gasteiger partial charge in [-0.15, -0.1) is 0 Å². The fourth-order valence-electron chi connectivity index (χ4n) is 1.88. The van der Waals surface area contributed by atoms with Crippen molar-refractivity contribution in [1.82, 2.24) is 5.32 Å². The average Bonchev–Trinajstić information content (AvgIpc) is 2.34. The molecule has 78 valence electrons. The van der Waals surface area contributed by atoms with Crippen molar-refractivity contribution in [3.63, 3.8) is 0 Å². The summed E-state index contributed by atoms with van der Waals surface area (Å²) in [6, 6.07) is 0.543. The van der Waals surface area contributed by atoms with Gasteiger partial charge < -0.3 is 5.32 Å². The fraction of sp³-hybridized carbons (Fsp3) is 1.00. The summed E-state index contributed by atoms with van der Waals surface area (Å²) < 4.78 is 21.7. The molecule has 0 radical (unpaired) electrons. The lowest BCUT2D eigenvalue weighted by molar-refractivity contribution is 0.437. The molecule has 0 heterocycles. The van der Waals surface area contributed by atoms with Gasteiger partial charge in [-0.05, 0) is 18.8 Å². The fourth-order valence-corrected chi connectivity index (χ4v) is 2.37. The first-order valence-electron chi connectivity index (χ1n) is 4.90.